The van der Waals surface area contributed by atoms with Crippen molar-refractivity contribution in [2.45, 2.75) is 32.7 Å². The van der Waals surface area contributed by atoms with E-state index in [1.807, 2.05) is 31.2 Å². The first-order valence-electron chi connectivity index (χ1n) is 5.89. The summed E-state index contributed by atoms with van der Waals surface area (Å²) >= 11 is 0. The van der Waals surface area contributed by atoms with Crippen LogP contribution in [0.15, 0.2) is 24.3 Å². The number of aliphatic carboxylic acids is 1. The smallest absolute Gasteiger partial charge is 0.326 e. The maximum atomic E-state index is 10.9. The van der Waals surface area contributed by atoms with Gasteiger partial charge < -0.3 is 15.2 Å². The fourth-order valence-corrected chi connectivity index (χ4v) is 1.41. The zero-order valence-electron chi connectivity index (χ0n) is 10.3. The van der Waals surface area contributed by atoms with Crippen molar-refractivity contribution >= 4 is 11.7 Å². The molecule has 0 heterocycles. The lowest BCUT2D eigenvalue weighted by Gasteiger charge is -2.14. The minimum atomic E-state index is -0.834. The Kier molecular flexibility index (Phi) is 5.33. The Morgan fingerprint density at radius 2 is 2.00 bits per heavy atom. The summed E-state index contributed by atoms with van der Waals surface area (Å²) in [7, 11) is 0. The third-order valence-electron chi connectivity index (χ3n) is 2.37. The second-order valence-electron chi connectivity index (χ2n) is 3.82. The average molecular weight is 237 g/mol. The summed E-state index contributed by atoms with van der Waals surface area (Å²) in [6.07, 6.45) is 1.51. The number of rotatable bonds is 7. The molecule has 0 aliphatic heterocycles. The van der Waals surface area contributed by atoms with Crippen LogP contribution in [0.5, 0.6) is 5.75 Å². The van der Waals surface area contributed by atoms with Crippen LogP contribution in [-0.4, -0.2) is 23.7 Å². The van der Waals surface area contributed by atoms with Crippen LogP contribution in [0.25, 0.3) is 0 Å². The van der Waals surface area contributed by atoms with Crippen molar-refractivity contribution in [2.75, 3.05) is 11.9 Å². The topological polar surface area (TPSA) is 58.6 Å². The Morgan fingerprint density at radius 1 is 1.35 bits per heavy atom. The molecular formula is C13H19NO3. The van der Waals surface area contributed by atoms with E-state index in [1.54, 1.807) is 0 Å². The van der Waals surface area contributed by atoms with Crippen LogP contribution in [0.1, 0.15) is 26.7 Å². The molecule has 1 atom stereocenters. The molecule has 0 amide bonds. The van der Waals surface area contributed by atoms with E-state index < -0.39 is 12.0 Å². The van der Waals surface area contributed by atoms with E-state index in [-0.39, 0.29) is 0 Å². The number of hydrogen-bond donors (Lipinski definition) is 2. The van der Waals surface area contributed by atoms with E-state index in [1.165, 1.54) is 0 Å². The van der Waals surface area contributed by atoms with Crippen LogP contribution in [0, 0.1) is 0 Å². The maximum absolute atomic E-state index is 10.9. The Morgan fingerprint density at radius 3 is 2.47 bits per heavy atom. The van der Waals surface area contributed by atoms with Gasteiger partial charge in [-0.05, 0) is 37.1 Å². The molecule has 0 aliphatic rings. The minimum Gasteiger partial charge on any atom is -0.494 e. The lowest BCUT2D eigenvalue weighted by atomic mass is 10.2. The van der Waals surface area contributed by atoms with Crippen molar-refractivity contribution in [3.63, 3.8) is 0 Å². The quantitative estimate of drug-likeness (QED) is 0.765. The number of anilines is 1. The average Bonchev–Trinajstić information content (AvgIpc) is 2.34. The second-order valence-corrected chi connectivity index (χ2v) is 3.82. The molecule has 0 fully saturated rings. The summed E-state index contributed by atoms with van der Waals surface area (Å²) in [5, 5.41) is 11.9. The molecule has 4 heteroatoms. The Bertz CT molecular complexity index is 348. The van der Waals surface area contributed by atoms with E-state index in [4.69, 9.17) is 9.84 Å². The van der Waals surface area contributed by atoms with Crippen LogP contribution in [-0.2, 0) is 4.79 Å². The molecule has 0 saturated heterocycles. The van der Waals surface area contributed by atoms with Gasteiger partial charge in [0.05, 0.1) is 6.61 Å². The molecule has 1 aromatic rings. The highest BCUT2D eigenvalue weighted by molar-refractivity contribution is 5.77. The first-order chi connectivity index (χ1) is 8.17. The van der Waals surface area contributed by atoms with E-state index in [0.29, 0.717) is 13.0 Å². The van der Waals surface area contributed by atoms with Gasteiger partial charge >= 0.3 is 5.97 Å². The van der Waals surface area contributed by atoms with Crippen LogP contribution in [0.3, 0.4) is 0 Å². The zero-order chi connectivity index (χ0) is 12.7. The number of carboxylic acids is 1. The summed E-state index contributed by atoms with van der Waals surface area (Å²) in [5.41, 5.74) is 0.795. The van der Waals surface area contributed by atoms with Gasteiger partial charge in [0.25, 0.3) is 0 Å². The first-order valence-corrected chi connectivity index (χ1v) is 5.89. The Hall–Kier alpha value is -1.71. The van der Waals surface area contributed by atoms with Gasteiger partial charge in [-0.3, -0.25) is 0 Å². The predicted octanol–water partition coefficient (Wildman–Crippen LogP) is 2.75. The molecule has 0 aliphatic carbocycles. The summed E-state index contributed by atoms with van der Waals surface area (Å²) in [6.45, 7) is 4.58. The van der Waals surface area contributed by atoms with Gasteiger partial charge in [0.1, 0.15) is 11.8 Å². The largest absolute Gasteiger partial charge is 0.494 e. The highest BCUT2D eigenvalue weighted by atomic mass is 16.5. The molecule has 0 aromatic heterocycles. The molecule has 1 aromatic carbocycles. The van der Waals surface area contributed by atoms with E-state index in [9.17, 15) is 4.79 Å². The summed E-state index contributed by atoms with van der Waals surface area (Å²) < 4.78 is 5.44. The molecule has 0 spiro atoms. The van der Waals surface area contributed by atoms with Crippen LogP contribution < -0.4 is 10.1 Å². The molecule has 0 bridgehead atoms. The highest BCUT2D eigenvalue weighted by Gasteiger charge is 2.13. The summed E-state index contributed by atoms with van der Waals surface area (Å²) in [6, 6.07) is 6.80. The molecular weight excluding hydrogens is 218 g/mol. The number of hydrogen-bond acceptors (Lipinski definition) is 3. The number of carbonyl (C=O) groups is 1. The number of benzene rings is 1. The van der Waals surface area contributed by atoms with Crippen LogP contribution in [0.2, 0.25) is 0 Å². The van der Waals surface area contributed by atoms with Gasteiger partial charge in [-0.2, -0.15) is 0 Å². The van der Waals surface area contributed by atoms with Gasteiger partial charge in [-0.1, -0.05) is 13.8 Å². The molecule has 0 saturated carbocycles. The number of nitrogens with one attached hydrogen (secondary N) is 1. The fraction of sp³-hybridized carbons (Fsp3) is 0.462. The molecule has 1 unspecified atom stereocenters. The normalized spacial score (nSPS) is 11.9. The number of ether oxygens (including phenoxy) is 1. The van der Waals surface area contributed by atoms with Crippen molar-refractivity contribution in [2.24, 2.45) is 0 Å². The van der Waals surface area contributed by atoms with Gasteiger partial charge in [-0.25, -0.2) is 4.79 Å². The monoisotopic (exact) mass is 237 g/mol. The van der Waals surface area contributed by atoms with Crippen molar-refractivity contribution in [1.82, 2.24) is 0 Å². The molecule has 1 rings (SSSR count). The van der Waals surface area contributed by atoms with Crippen molar-refractivity contribution in [3.8, 4) is 5.75 Å². The van der Waals surface area contributed by atoms with Crippen LogP contribution in [0.4, 0.5) is 5.69 Å². The van der Waals surface area contributed by atoms with Gasteiger partial charge in [0.2, 0.25) is 0 Å². The van der Waals surface area contributed by atoms with Gasteiger partial charge in [0, 0.05) is 5.69 Å². The molecule has 4 nitrogen and oxygen atoms in total. The first kappa shape index (κ1) is 13.4. The third-order valence-corrected chi connectivity index (χ3v) is 2.37. The van der Waals surface area contributed by atoms with Crippen molar-refractivity contribution in [1.29, 1.82) is 0 Å². The van der Waals surface area contributed by atoms with Gasteiger partial charge in [-0.15, -0.1) is 0 Å². The lowest BCUT2D eigenvalue weighted by Crippen LogP contribution is -2.28. The molecule has 2 N–H and O–H groups in total. The van der Waals surface area contributed by atoms with Crippen LogP contribution >= 0.6 is 0 Å². The lowest BCUT2D eigenvalue weighted by molar-refractivity contribution is -0.137. The van der Waals surface area contributed by atoms with Crippen molar-refractivity contribution in [3.05, 3.63) is 24.3 Å². The fourth-order valence-electron chi connectivity index (χ4n) is 1.41. The molecule has 94 valence electrons. The second kappa shape index (κ2) is 6.78. The Balaban J connectivity index is 2.58. The van der Waals surface area contributed by atoms with E-state index >= 15 is 0 Å². The highest BCUT2D eigenvalue weighted by Crippen LogP contribution is 2.17. The minimum absolute atomic E-state index is 0.544. The van der Waals surface area contributed by atoms with Gasteiger partial charge in [0.15, 0.2) is 0 Å². The summed E-state index contributed by atoms with van der Waals surface area (Å²) in [5.74, 6) is -0.0282. The van der Waals surface area contributed by atoms with Crippen molar-refractivity contribution < 1.29 is 14.6 Å². The maximum Gasteiger partial charge on any atom is 0.326 e. The number of carboxylic acid groups (broad SMARTS) is 1. The third kappa shape index (κ3) is 4.34. The SMILES string of the molecule is CCCOc1ccc(NC(CC)C(=O)O)cc1. The molecule has 0 radical (unpaired) electrons. The standard InChI is InChI=1S/C13H19NO3/c1-3-9-17-11-7-5-10(6-8-11)14-12(4-2)13(15)16/h5-8,12,14H,3-4,9H2,1-2H3,(H,15,16). The predicted molar refractivity (Wildman–Crippen MR) is 67.6 cm³/mol. The van der Waals surface area contributed by atoms with E-state index in [2.05, 4.69) is 12.2 Å². The van der Waals surface area contributed by atoms with E-state index in [0.717, 1.165) is 17.9 Å². The zero-order valence-corrected chi connectivity index (χ0v) is 10.3. The summed E-state index contributed by atoms with van der Waals surface area (Å²) in [4.78, 5) is 10.9. The Labute approximate surface area is 102 Å². The molecule has 17 heavy (non-hydrogen) atoms.